The summed E-state index contributed by atoms with van der Waals surface area (Å²) in [5.74, 6) is -1.62. The third kappa shape index (κ3) is 14.9. The van der Waals surface area contributed by atoms with E-state index in [4.69, 9.17) is 10.2 Å². The van der Waals surface area contributed by atoms with Gasteiger partial charge in [0.25, 0.3) is 0 Å². The Morgan fingerprint density at radius 2 is 1.38 bits per heavy atom. The minimum absolute atomic E-state index is 0.221. The number of carbonyl (C=O) groups is 2. The van der Waals surface area contributed by atoms with Crippen molar-refractivity contribution in [1.82, 2.24) is 0 Å². The smallest absolute Gasteiger partial charge is 0.306 e. The summed E-state index contributed by atoms with van der Waals surface area (Å²) in [6.45, 7) is 1.76. The van der Waals surface area contributed by atoms with Crippen molar-refractivity contribution < 1.29 is 19.8 Å². The topological polar surface area (TPSA) is 74.6 Å². The lowest BCUT2D eigenvalue weighted by Gasteiger charge is -2.04. The largest absolute Gasteiger partial charge is 0.481 e. The lowest BCUT2D eigenvalue weighted by Crippen LogP contribution is -2.08. The second kappa shape index (κ2) is 13.7. The predicted octanol–water partition coefficient (Wildman–Crippen LogP) is 4.64. The highest BCUT2D eigenvalue weighted by Crippen LogP contribution is 2.11. The molecule has 0 bridgehead atoms. The van der Waals surface area contributed by atoms with E-state index >= 15 is 0 Å². The fourth-order valence-corrected chi connectivity index (χ4v) is 2.14. The van der Waals surface area contributed by atoms with E-state index in [0.29, 0.717) is 0 Å². The van der Waals surface area contributed by atoms with E-state index in [1.165, 1.54) is 0 Å². The van der Waals surface area contributed by atoms with Crippen LogP contribution in [0.3, 0.4) is 0 Å². The first-order valence-electron chi connectivity index (χ1n) is 8.13. The van der Waals surface area contributed by atoms with Gasteiger partial charge in [0, 0.05) is 6.42 Å². The fraction of sp³-hybridized carbons (Fsp3) is 0.765. The van der Waals surface area contributed by atoms with Gasteiger partial charge in [-0.25, -0.2) is 0 Å². The molecule has 0 amide bonds. The van der Waals surface area contributed by atoms with Crippen molar-refractivity contribution >= 4 is 11.9 Å². The molecule has 2 N–H and O–H groups in total. The zero-order valence-corrected chi connectivity index (χ0v) is 13.2. The number of carboxylic acid groups (broad SMARTS) is 2. The maximum absolute atomic E-state index is 10.6. The predicted molar refractivity (Wildman–Crippen MR) is 84.4 cm³/mol. The monoisotopic (exact) mass is 298 g/mol. The van der Waals surface area contributed by atoms with Crippen molar-refractivity contribution in [1.29, 1.82) is 0 Å². The van der Waals surface area contributed by atoms with Crippen LogP contribution in [0.1, 0.15) is 77.6 Å². The molecule has 4 heteroatoms. The van der Waals surface area contributed by atoms with Gasteiger partial charge in [0.05, 0.1) is 5.92 Å². The number of carboxylic acids is 2. The van der Waals surface area contributed by atoms with Gasteiger partial charge < -0.3 is 10.2 Å². The molecule has 0 saturated carbocycles. The van der Waals surface area contributed by atoms with Crippen molar-refractivity contribution in [2.75, 3.05) is 0 Å². The molecule has 0 heterocycles. The van der Waals surface area contributed by atoms with E-state index in [1.807, 2.05) is 0 Å². The van der Waals surface area contributed by atoms with Gasteiger partial charge >= 0.3 is 11.9 Å². The van der Waals surface area contributed by atoms with Gasteiger partial charge in [-0.15, -0.1) is 0 Å². The van der Waals surface area contributed by atoms with Crippen LogP contribution in [0.15, 0.2) is 12.2 Å². The lowest BCUT2D eigenvalue weighted by molar-refractivity contribution is -0.141. The SMILES string of the molecule is CC(CCCCCC=CCCCCCCC(=O)O)C(=O)O. The van der Waals surface area contributed by atoms with Gasteiger partial charge in [0.15, 0.2) is 0 Å². The molecule has 4 nitrogen and oxygen atoms in total. The molecule has 0 spiro atoms. The van der Waals surface area contributed by atoms with Gasteiger partial charge in [0.2, 0.25) is 0 Å². The zero-order valence-electron chi connectivity index (χ0n) is 13.2. The average Bonchev–Trinajstić information content (AvgIpc) is 2.43. The molecule has 0 rings (SSSR count). The van der Waals surface area contributed by atoms with Crippen molar-refractivity contribution in [3.8, 4) is 0 Å². The van der Waals surface area contributed by atoms with Crippen LogP contribution in [0, 0.1) is 5.92 Å². The van der Waals surface area contributed by atoms with Crippen LogP contribution in [0.2, 0.25) is 0 Å². The molecule has 0 aromatic carbocycles. The van der Waals surface area contributed by atoms with Crippen molar-refractivity contribution in [3.63, 3.8) is 0 Å². The van der Waals surface area contributed by atoms with Crippen molar-refractivity contribution in [2.45, 2.75) is 77.6 Å². The van der Waals surface area contributed by atoms with Crippen LogP contribution >= 0.6 is 0 Å². The molecular weight excluding hydrogens is 268 g/mol. The highest BCUT2D eigenvalue weighted by molar-refractivity contribution is 5.69. The summed E-state index contributed by atoms with van der Waals surface area (Å²) in [6.07, 6.45) is 14.8. The first-order chi connectivity index (χ1) is 10.0. The van der Waals surface area contributed by atoms with Gasteiger partial charge in [-0.2, -0.15) is 0 Å². The third-order valence-corrected chi connectivity index (χ3v) is 3.61. The summed E-state index contributed by atoms with van der Waals surface area (Å²) in [7, 11) is 0. The van der Waals surface area contributed by atoms with E-state index in [0.717, 1.165) is 64.2 Å². The average molecular weight is 298 g/mol. The first kappa shape index (κ1) is 19.7. The number of rotatable bonds is 14. The van der Waals surface area contributed by atoms with E-state index < -0.39 is 11.9 Å². The Morgan fingerprint density at radius 3 is 1.90 bits per heavy atom. The summed E-state index contributed by atoms with van der Waals surface area (Å²) < 4.78 is 0. The molecule has 0 radical (unpaired) electrons. The molecule has 0 aliphatic heterocycles. The summed E-state index contributed by atoms with van der Waals surface area (Å²) in [4.78, 5) is 20.9. The van der Waals surface area contributed by atoms with Crippen molar-refractivity contribution in [2.24, 2.45) is 5.92 Å². The Balaban J connectivity index is 3.22. The highest BCUT2D eigenvalue weighted by atomic mass is 16.4. The van der Waals surface area contributed by atoms with E-state index in [9.17, 15) is 9.59 Å². The second-order valence-corrected chi connectivity index (χ2v) is 5.70. The molecule has 0 saturated heterocycles. The normalized spacial score (nSPS) is 12.6. The summed E-state index contributed by atoms with van der Waals surface area (Å²) >= 11 is 0. The molecular formula is C17H30O4. The van der Waals surface area contributed by atoms with Gasteiger partial charge in [-0.3, -0.25) is 9.59 Å². The molecule has 0 aromatic rings. The Kier molecular flexibility index (Phi) is 12.8. The number of aliphatic carboxylic acids is 2. The van der Waals surface area contributed by atoms with Crippen LogP contribution in [-0.4, -0.2) is 22.2 Å². The number of unbranched alkanes of at least 4 members (excludes halogenated alkanes) is 7. The van der Waals surface area contributed by atoms with Crippen LogP contribution < -0.4 is 0 Å². The molecule has 1 unspecified atom stereocenters. The summed E-state index contributed by atoms with van der Waals surface area (Å²) in [6, 6.07) is 0. The number of allylic oxidation sites excluding steroid dienone is 2. The quantitative estimate of drug-likeness (QED) is 0.362. The molecule has 0 fully saturated rings. The molecule has 21 heavy (non-hydrogen) atoms. The Bertz CT molecular complexity index is 310. The van der Waals surface area contributed by atoms with Crippen LogP contribution in [0.25, 0.3) is 0 Å². The maximum atomic E-state index is 10.6. The fourth-order valence-electron chi connectivity index (χ4n) is 2.14. The first-order valence-corrected chi connectivity index (χ1v) is 8.13. The maximum Gasteiger partial charge on any atom is 0.306 e. The van der Waals surface area contributed by atoms with E-state index in [-0.39, 0.29) is 12.3 Å². The molecule has 0 aliphatic rings. The van der Waals surface area contributed by atoms with Crippen molar-refractivity contribution in [3.05, 3.63) is 12.2 Å². The Labute approximate surface area is 128 Å². The third-order valence-electron chi connectivity index (χ3n) is 3.61. The van der Waals surface area contributed by atoms with E-state index in [2.05, 4.69) is 12.2 Å². The van der Waals surface area contributed by atoms with Crippen LogP contribution in [-0.2, 0) is 9.59 Å². The minimum Gasteiger partial charge on any atom is -0.481 e. The minimum atomic E-state index is -0.701. The second-order valence-electron chi connectivity index (χ2n) is 5.70. The zero-order chi connectivity index (χ0) is 15.9. The Morgan fingerprint density at radius 1 is 0.857 bits per heavy atom. The van der Waals surface area contributed by atoms with Crippen LogP contribution in [0.5, 0.6) is 0 Å². The summed E-state index contributed by atoms with van der Waals surface area (Å²) in [5, 5.41) is 17.2. The number of hydrogen-bond donors (Lipinski definition) is 2. The Hall–Kier alpha value is -1.32. The van der Waals surface area contributed by atoms with Gasteiger partial charge in [-0.1, -0.05) is 44.8 Å². The molecule has 122 valence electrons. The standard InChI is InChI=1S/C17H30O4/c1-15(17(20)21)13-11-9-7-5-3-2-4-6-8-10-12-14-16(18)19/h2-3,15H,4-14H2,1H3,(H,18,19)(H,20,21). The highest BCUT2D eigenvalue weighted by Gasteiger charge is 2.08. The number of hydrogen-bond acceptors (Lipinski definition) is 2. The molecule has 0 aliphatic carbocycles. The molecule has 0 aromatic heterocycles. The van der Waals surface area contributed by atoms with Gasteiger partial charge in [-0.05, 0) is 38.5 Å². The summed E-state index contributed by atoms with van der Waals surface area (Å²) in [5.41, 5.74) is 0. The lowest BCUT2D eigenvalue weighted by atomic mass is 10.0. The molecule has 1 atom stereocenters. The van der Waals surface area contributed by atoms with Crippen LogP contribution in [0.4, 0.5) is 0 Å². The van der Waals surface area contributed by atoms with E-state index in [1.54, 1.807) is 6.92 Å². The van der Waals surface area contributed by atoms with Gasteiger partial charge in [0.1, 0.15) is 0 Å².